The Bertz CT molecular complexity index is 900. The van der Waals surface area contributed by atoms with Crippen LogP contribution in [0.3, 0.4) is 0 Å². The first-order chi connectivity index (χ1) is 12.9. The first-order valence-electron chi connectivity index (χ1n) is 9.09. The van der Waals surface area contributed by atoms with Gasteiger partial charge in [0.15, 0.2) is 0 Å². The minimum atomic E-state index is -0.315. The number of aromatic nitrogens is 2. The van der Waals surface area contributed by atoms with E-state index in [9.17, 15) is 14.4 Å². The molecule has 0 unspecified atom stereocenters. The van der Waals surface area contributed by atoms with E-state index in [0.29, 0.717) is 18.5 Å². The molecule has 1 heterocycles. The van der Waals surface area contributed by atoms with Gasteiger partial charge in [0.1, 0.15) is 5.69 Å². The summed E-state index contributed by atoms with van der Waals surface area (Å²) in [5, 5.41) is 2.80. The number of carbonyl (C=O) groups excluding carboxylic acids is 2. The lowest BCUT2D eigenvalue weighted by molar-refractivity contribution is -0.128. The predicted octanol–water partition coefficient (Wildman–Crippen LogP) is 1.22. The number of hydrogen-bond acceptors (Lipinski definition) is 4. The van der Waals surface area contributed by atoms with Gasteiger partial charge in [0, 0.05) is 18.9 Å². The quantitative estimate of drug-likeness (QED) is 0.426. The number of nitrogens with zero attached hydrogens (tertiary/aromatic N) is 2. The third-order valence-corrected chi connectivity index (χ3v) is 5.36. The number of para-hydroxylation sites is 1. The topological polar surface area (TPSA) is 111 Å². The Kier molecular flexibility index (Phi) is 5.46. The van der Waals surface area contributed by atoms with E-state index in [-0.39, 0.29) is 34.9 Å². The van der Waals surface area contributed by atoms with E-state index in [2.05, 4.69) is 10.7 Å². The highest BCUT2D eigenvalue weighted by Gasteiger charge is 2.32. The molecule has 0 spiro atoms. The van der Waals surface area contributed by atoms with Crippen molar-refractivity contribution < 1.29 is 9.59 Å². The van der Waals surface area contributed by atoms with Crippen molar-refractivity contribution in [2.24, 2.45) is 24.7 Å². The van der Waals surface area contributed by atoms with Crippen molar-refractivity contribution in [3.8, 4) is 5.69 Å². The third-order valence-electron chi connectivity index (χ3n) is 5.36. The normalized spacial score (nSPS) is 19.5. The van der Waals surface area contributed by atoms with Crippen molar-refractivity contribution in [2.75, 3.05) is 5.32 Å². The van der Waals surface area contributed by atoms with E-state index >= 15 is 0 Å². The Labute approximate surface area is 157 Å². The van der Waals surface area contributed by atoms with Crippen LogP contribution in [0, 0.1) is 18.8 Å². The zero-order chi connectivity index (χ0) is 19.6. The lowest BCUT2D eigenvalue weighted by Gasteiger charge is -2.26. The molecule has 1 aromatic carbocycles. The molecule has 8 heteroatoms. The summed E-state index contributed by atoms with van der Waals surface area (Å²) in [6, 6.07) is 9.26. The molecule has 1 saturated carbocycles. The van der Waals surface area contributed by atoms with Gasteiger partial charge in [-0.2, -0.15) is 0 Å². The fraction of sp³-hybridized carbons (Fsp3) is 0.421. The number of anilines is 1. The van der Waals surface area contributed by atoms with E-state index in [1.54, 1.807) is 18.7 Å². The lowest BCUT2D eigenvalue weighted by atomic mass is 9.80. The molecule has 0 radical (unpaired) electrons. The Hall–Kier alpha value is -2.87. The summed E-state index contributed by atoms with van der Waals surface area (Å²) in [6.45, 7) is 1.79. The van der Waals surface area contributed by atoms with Crippen LogP contribution in [0.1, 0.15) is 31.4 Å². The zero-order valence-corrected chi connectivity index (χ0v) is 15.6. The van der Waals surface area contributed by atoms with Crippen LogP contribution in [0.15, 0.2) is 35.1 Å². The maximum absolute atomic E-state index is 12.9. The van der Waals surface area contributed by atoms with Gasteiger partial charge in [0.05, 0.1) is 11.4 Å². The van der Waals surface area contributed by atoms with Gasteiger partial charge in [0.2, 0.25) is 11.8 Å². The maximum Gasteiger partial charge on any atom is 0.295 e. The van der Waals surface area contributed by atoms with Crippen LogP contribution in [0.4, 0.5) is 5.69 Å². The monoisotopic (exact) mass is 371 g/mol. The van der Waals surface area contributed by atoms with Crippen molar-refractivity contribution in [2.45, 2.75) is 32.6 Å². The number of hydrogen-bond donors (Lipinski definition) is 3. The molecule has 2 amide bonds. The standard InChI is InChI=1S/C19H25N5O3/c1-12-16(19(27)24(23(12)2)15-9-4-3-5-10-15)21-17(25)13-7-6-8-14(11-13)18(26)22-20/h3-5,9-10,13-14H,6-8,11,20H2,1-2H3,(H,21,25)(H,22,26)/t13-,14+/m1/s1. The maximum atomic E-state index is 12.9. The molecule has 1 aromatic heterocycles. The van der Waals surface area contributed by atoms with Crippen LogP contribution in [-0.2, 0) is 16.6 Å². The Balaban J connectivity index is 1.83. The Morgan fingerprint density at radius 2 is 1.74 bits per heavy atom. The van der Waals surface area contributed by atoms with Gasteiger partial charge in [-0.15, -0.1) is 0 Å². The summed E-state index contributed by atoms with van der Waals surface area (Å²) in [5.41, 5.74) is 3.56. The fourth-order valence-electron chi connectivity index (χ4n) is 3.72. The molecule has 1 aliphatic rings. The molecule has 1 aliphatic carbocycles. The fourth-order valence-corrected chi connectivity index (χ4v) is 3.72. The third kappa shape index (κ3) is 3.66. The average molecular weight is 371 g/mol. The van der Waals surface area contributed by atoms with Crippen molar-refractivity contribution >= 4 is 17.5 Å². The van der Waals surface area contributed by atoms with Gasteiger partial charge >= 0.3 is 0 Å². The number of nitrogens with two attached hydrogens (primary N) is 1. The first-order valence-corrected chi connectivity index (χ1v) is 9.09. The minimum Gasteiger partial charge on any atom is -0.320 e. The highest BCUT2D eigenvalue weighted by atomic mass is 16.2. The van der Waals surface area contributed by atoms with Crippen LogP contribution in [-0.4, -0.2) is 21.2 Å². The number of carbonyl (C=O) groups is 2. The summed E-state index contributed by atoms with van der Waals surface area (Å²) in [6.07, 6.45) is 2.63. The molecular formula is C19H25N5O3. The predicted molar refractivity (Wildman–Crippen MR) is 102 cm³/mol. The molecule has 8 nitrogen and oxygen atoms in total. The molecule has 27 heavy (non-hydrogen) atoms. The molecule has 144 valence electrons. The number of benzene rings is 1. The summed E-state index contributed by atoms with van der Waals surface area (Å²) in [4.78, 5) is 37.4. The molecule has 4 N–H and O–H groups in total. The van der Waals surface area contributed by atoms with E-state index in [0.717, 1.165) is 18.5 Å². The van der Waals surface area contributed by atoms with E-state index in [1.165, 1.54) is 4.68 Å². The second-order valence-corrected chi connectivity index (χ2v) is 6.99. The van der Waals surface area contributed by atoms with E-state index in [1.807, 2.05) is 30.3 Å². The molecular weight excluding hydrogens is 346 g/mol. The molecule has 0 aliphatic heterocycles. The molecule has 0 saturated heterocycles. The average Bonchev–Trinajstić information content (AvgIpc) is 2.91. The van der Waals surface area contributed by atoms with Crippen LogP contribution in [0.2, 0.25) is 0 Å². The smallest absolute Gasteiger partial charge is 0.295 e. The first kappa shape index (κ1) is 18.9. The van der Waals surface area contributed by atoms with E-state index in [4.69, 9.17) is 5.84 Å². The second kappa shape index (κ2) is 7.79. The molecule has 0 bridgehead atoms. The van der Waals surface area contributed by atoms with Gasteiger partial charge in [-0.05, 0) is 38.3 Å². The van der Waals surface area contributed by atoms with Crippen molar-refractivity contribution in [1.29, 1.82) is 0 Å². The van der Waals surface area contributed by atoms with Gasteiger partial charge in [-0.3, -0.25) is 24.5 Å². The summed E-state index contributed by atoms with van der Waals surface area (Å²) < 4.78 is 3.25. The summed E-state index contributed by atoms with van der Waals surface area (Å²) in [5.74, 6) is 4.17. The van der Waals surface area contributed by atoms with Gasteiger partial charge in [-0.1, -0.05) is 24.6 Å². The van der Waals surface area contributed by atoms with Gasteiger partial charge in [-0.25, -0.2) is 10.5 Å². The summed E-state index contributed by atoms with van der Waals surface area (Å²) >= 11 is 0. The van der Waals surface area contributed by atoms with Crippen LogP contribution in [0.25, 0.3) is 5.69 Å². The van der Waals surface area contributed by atoms with E-state index < -0.39 is 0 Å². The highest BCUT2D eigenvalue weighted by molar-refractivity contribution is 5.93. The molecule has 2 atom stereocenters. The Morgan fingerprint density at radius 1 is 1.11 bits per heavy atom. The highest BCUT2D eigenvalue weighted by Crippen LogP contribution is 2.30. The van der Waals surface area contributed by atoms with Crippen LogP contribution in [0.5, 0.6) is 0 Å². The number of nitrogens with one attached hydrogen (secondary N) is 2. The number of hydrazine groups is 1. The van der Waals surface area contributed by atoms with Crippen LogP contribution < -0.4 is 22.1 Å². The van der Waals surface area contributed by atoms with Gasteiger partial charge in [0.25, 0.3) is 5.56 Å². The molecule has 2 aromatic rings. The van der Waals surface area contributed by atoms with Crippen molar-refractivity contribution in [1.82, 2.24) is 14.8 Å². The second-order valence-electron chi connectivity index (χ2n) is 6.99. The minimum absolute atomic E-state index is 0.226. The Morgan fingerprint density at radius 3 is 2.37 bits per heavy atom. The number of amides is 2. The largest absolute Gasteiger partial charge is 0.320 e. The van der Waals surface area contributed by atoms with Gasteiger partial charge < -0.3 is 5.32 Å². The zero-order valence-electron chi connectivity index (χ0n) is 15.6. The van der Waals surface area contributed by atoms with Crippen molar-refractivity contribution in [3.05, 3.63) is 46.4 Å². The SMILES string of the molecule is Cc1c(NC(=O)[C@@H]2CCC[C@H](C(=O)NN)C2)c(=O)n(-c2ccccc2)n1C. The van der Waals surface area contributed by atoms with Crippen LogP contribution >= 0.6 is 0 Å². The number of rotatable bonds is 4. The lowest BCUT2D eigenvalue weighted by Crippen LogP contribution is -2.40. The molecule has 3 rings (SSSR count). The summed E-state index contributed by atoms with van der Waals surface area (Å²) in [7, 11) is 1.78. The molecule has 1 fully saturated rings. The van der Waals surface area contributed by atoms with Crippen molar-refractivity contribution in [3.63, 3.8) is 0 Å².